The van der Waals surface area contributed by atoms with E-state index in [1.54, 1.807) is 0 Å². The van der Waals surface area contributed by atoms with Crippen LogP contribution in [0.3, 0.4) is 0 Å². The van der Waals surface area contributed by atoms with E-state index in [2.05, 4.69) is 53.8 Å². The molecule has 0 radical (unpaired) electrons. The van der Waals surface area contributed by atoms with Crippen molar-refractivity contribution in [2.24, 2.45) is 0 Å². The fraction of sp³-hybridized carbons (Fsp3) is 0.278. The molecule has 1 heterocycles. The summed E-state index contributed by atoms with van der Waals surface area (Å²) in [7, 11) is 0. The van der Waals surface area contributed by atoms with Crippen LogP contribution in [-0.4, -0.2) is 4.98 Å². The summed E-state index contributed by atoms with van der Waals surface area (Å²) in [6.45, 7) is 6.71. The summed E-state index contributed by atoms with van der Waals surface area (Å²) >= 11 is 3.44. The van der Waals surface area contributed by atoms with E-state index >= 15 is 0 Å². The summed E-state index contributed by atoms with van der Waals surface area (Å²) in [4.78, 5) is 4.58. The van der Waals surface area contributed by atoms with Gasteiger partial charge >= 0.3 is 0 Å². The van der Waals surface area contributed by atoms with Crippen LogP contribution >= 0.6 is 15.9 Å². The normalized spacial score (nSPS) is 12.0. The van der Waals surface area contributed by atoms with Gasteiger partial charge in [-0.15, -0.1) is 0 Å². The zero-order chi connectivity index (χ0) is 15.0. The molecule has 0 N–H and O–H groups in total. The van der Waals surface area contributed by atoms with E-state index in [0.717, 1.165) is 27.6 Å². The van der Waals surface area contributed by atoms with Gasteiger partial charge in [-0.25, -0.2) is 4.98 Å². The molecule has 3 aromatic rings. The molecule has 0 aliphatic carbocycles. The second-order valence-corrected chi connectivity index (χ2v) is 6.86. The van der Waals surface area contributed by atoms with E-state index in [1.165, 1.54) is 5.56 Å². The molecule has 3 heteroatoms. The molecule has 0 unspecified atom stereocenters. The maximum Gasteiger partial charge on any atom is 0.227 e. The number of halogens is 1. The number of benzene rings is 2. The quantitative estimate of drug-likeness (QED) is 0.587. The largest absolute Gasteiger partial charge is 0.436 e. The molecule has 2 aromatic carbocycles. The van der Waals surface area contributed by atoms with Gasteiger partial charge in [0.1, 0.15) is 5.52 Å². The molecule has 0 fully saturated rings. The number of rotatable bonds is 3. The molecule has 0 spiro atoms. The second-order valence-electron chi connectivity index (χ2n) is 5.95. The van der Waals surface area contributed by atoms with E-state index in [-0.39, 0.29) is 5.41 Å². The first-order valence-electron chi connectivity index (χ1n) is 7.16. The highest BCUT2D eigenvalue weighted by atomic mass is 79.9. The van der Waals surface area contributed by atoms with Gasteiger partial charge in [0, 0.05) is 10.0 Å². The smallest absolute Gasteiger partial charge is 0.227 e. The Kier molecular flexibility index (Phi) is 3.62. The van der Waals surface area contributed by atoms with Gasteiger partial charge in [-0.05, 0) is 53.8 Å². The van der Waals surface area contributed by atoms with Crippen LogP contribution in [0.15, 0.2) is 51.4 Å². The lowest BCUT2D eigenvalue weighted by Gasteiger charge is -2.22. The minimum Gasteiger partial charge on any atom is -0.436 e. The molecule has 2 nitrogen and oxygen atoms in total. The molecule has 0 aliphatic heterocycles. The summed E-state index contributed by atoms with van der Waals surface area (Å²) in [5.74, 6) is 0.670. The first-order chi connectivity index (χ1) is 9.99. The Hall–Kier alpha value is -1.61. The van der Waals surface area contributed by atoms with Gasteiger partial charge in [0.05, 0.1) is 0 Å². The molecule has 0 atom stereocenters. The number of fused-ring (bicyclic) bond motifs is 1. The molecule has 0 bridgehead atoms. The molecule has 0 amide bonds. The molecule has 108 valence electrons. The van der Waals surface area contributed by atoms with E-state index < -0.39 is 0 Å². The van der Waals surface area contributed by atoms with Crippen molar-refractivity contribution in [1.29, 1.82) is 0 Å². The van der Waals surface area contributed by atoms with Crippen LogP contribution in [0.2, 0.25) is 0 Å². The average molecular weight is 344 g/mol. The number of hydrogen-bond acceptors (Lipinski definition) is 2. The molecule has 21 heavy (non-hydrogen) atoms. The van der Waals surface area contributed by atoms with Crippen molar-refractivity contribution in [2.45, 2.75) is 32.6 Å². The summed E-state index contributed by atoms with van der Waals surface area (Å²) < 4.78 is 7.00. The highest BCUT2D eigenvalue weighted by molar-refractivity contribution is 9.10. The van der Waals surface area contributed by atoms with Gasteiger partial charge < -0.3 is 4.42 Å². The SMILES string of the molecule is CCC(C)(C)c1ccc2nc(-c3ccc(Br)cc3)oc2c1. The fourth-order valence-corrected chi connectivity index (χ4v) is 2.53. The van der Waals surface area contributed by atoms with Crippen molar-refractivity contribution in [1.82, 2.24) is 4.98 Å². The van der Waals surface area contributed by atoms with Crippen LogP contribution in [0.1, 0.15) is 32.8 Å². The molecule has 0 aliphatic rings. The Bertz CT molecular complexity index is 772. The van der Waals surface area contributed by atoms with Crippen molar-refractivity contribution in [3.8, 4) is 11.5 Å². The molecule has 1 aromatic heterocycles. The number of hydrogen-bond donors (Lipinski definition) is 0. The first-order valence-corrected chi connectivity index (χ1v) is 7.96. The first kappa shape index (κ1) is 14.3. The minimum absolute atomic E-state index is 0.152. The maximum absolute atomic E-state index is 5.95. The zero-order valence-electron chi connectivity index (χ0n) is 12.5. The van der Waals surface area contributed by atoms with Gasteiger partial charge in [0.15, 0.2) is 5.58 Å². The lowest BCUT2D eigenvalue weighted by atomic mass is 9.82. The third-order valence-corrected chi connectivity index (χ3v) is 4.67. The predicted molar refractivity (Wildman–Crippen MR) is 90.5 cm³/mol. The third kappa shape index (κ3) is 2.75. The lowest BCUT2D eigenvalue weighted by molar-refractivity contribution is 0.505. The van der Waals surface area contributed by atoms with Crippen molar-refractivity contribution < 1.29 is 4.42 Å². The van der Waals surface area contributed by atoms with Gasteiger partial charge in [-0.1, -0.05) is 42.8 Å². The van der Waals surface area contributed by atoms with Gasteiger partial charge in [0.2, 0.25) is 5.89 Å². The van der Waals surface area contributed by atoms with Crippen molar-refractivity contribution in [2.75, 3.05) is 0 Å². The van der Waals surface area contributed by atoms with Crippen LogP contribution in [0.4, 0.5) is 0 Å². The highest BCUT2D eigenvalue weighted by Crippen LogP contribution is 2.31. The van der Waals surface area contributed by atoms with Gasteiger partial charge in [-0.3, -0.25) is 0 Å². The monoisotopic (exact) mass is 343 g/mol. The van der Waals surface area contributed by atoms with Crippen LogP contribution in [0.5, 0.6) is 0 Å². The van der Waals surface area contributed by atoms with E-state index in [1.807, 2.05) is 30.3 Å². The zero-order valence-corrected chi connectivity index (χ0v) is 14.1. The summed E-state index contributed by atoms with van der Waals surface area (Å²) in [5, 5.41) is 0. The standard InChI is InChI=1S/C18H18BrNO/c1-4-18(2,3)13-7-10-15-16(11-13)21-17(20-15)12-5-8-14(19)9-6-12/h5-11H,4H2,1-3H3. The Morgan fingerprint density at radius 3 is 2.48 bits per heavy atom. The Morgan fingerprint density at radius 2 is 1.81 bits per heavy atom. The topological polar surface area (TPSA) is 26.0 Å². The Morgan fingerprint density at radius 1 is 1.10 bits per heavy atom. The Balaban J connectivity index is 2.06. The average Bonchev–Trinajstić information content (AvgIpc) is 2.90. The van der Waals surface area contributed by atoms with Crippen LogP contribution < -0.4 is 0 Å². The Labute approximate surface area is 133 Å². The fourth-order valence-electron chi connectivity index (χ4n) is 2.27. The van der Waals surface area contributed by atoms with Crippen LogP contribution in [-0.2, 0) is 5.41 Å². The maximum atomic E-state index is 5.95. The van der Waals surface area contributed by atoms with Gasteiger partial charge in [-0.2, -0.15) is 0 Å². The molecule has 0 saturated heterocycles. The van der Waals surface area contributed by atoms with Crippen molar-refractivity contribution in [3.63, 3.8) is 0 Å². The minimum atomic E-state index is 0.152. The summed E-state index contributed by atoms with van der Waals surface area (Å²) in [6.07, 6.45) is 1.09. The molecular formula is C18H18BrNO. The van der Waals surface area contributed by atoms with Crippen molar-refractivity contribution in [3.05, 3.63) is 52.5 Å². The number of aromatic nitrogens is 1. The van der Waals surface area contributed by atoms with E-state index in [4.69, 9.17) is 4.42 Å². The number of nitrogens with zero attached hydrogens (tertiary/aromatic N) is 1. The van der Waals surface area contributed by atoms with Crippen molar-refractivity contribution >= 4 is 27.0 Å². The third-order valence-electron chi connectivity index (χ3n) is 4.14. The van der Waals surface area contributed by atoms with Gasteiger partial charge in [0.25, 0.3) is 0 Å². The molecule has 3 rings (SSSR count). The summed E-state index contributed by atoms with van der Waals surface area (Å²) in [6, 6.07) is 14.3. The molecular weight excluding hydrogens is 326 g/mol. The predicted octanol–water partition coefficient (Wildman–Crippen LogP) is 5.94. The highest BCUT2D eigenvalue weighted by Gasteiger charge is 2.19. The lowest BCUT2D eigenvalue weighted by Crippen LogP contribution is -2.14. The van der Waals surface area contributed by atoms with E-state index in [9.17, 15) is 0 Å². The summed E-state index contributed by atoms with van der Waals surface area (Å²) in [5.41, 5.74) is 4.19. The van der Waals surface area contributed by atoms with Crippen LogP contribution in [0, 0.1) is 0 Å². The van der Waals surface area contributed by atoms with Crippen LogP contribution in [0.25, 0.3) is 22.6 Å². The second kappa shape index (κ2) is 5.30. The van der Waals surface area contributed by atoms with E-state index in [0.29, 0.717) is 5.89 Å². The number of oxazole rings is 1. The molecule has 0 saturated carbocycles.